The van der Waals surface area contributed by atoms with Gasteiger partial charge in [-0.2, -0.15) is 5.10 Å². The van der Waals surface area contributed by atoms with Crippen molar-refractivity contribution in [3.8, 4) is 22.4 Å². The molecule has 0 saturated carbocycles. The first kappa shape index (κ1) is 21.0. The largest absolute Gasteiger partial charge is 0.326 e. The fourth-order valence-electron chi connectivity index (χ4n) is 3.85. The number of halogens is 1. The number of nitrogens with one attached hydrogen (secondary N) is 1. The average Bonchev–Trinajstić information content (AvgIpc) is 3.45. The Labute approximate surface area is 196 Å². The van der Waals surface area contributed by atoms with Gasteiger partial charge in [0.1, 0.15) is 0 Å². The Bertz CT molecular complexity index is 1430. The second-order valence-electron chi connectivity index (χ2n) is 8.04. The maximum atomic E-state index is 12.7. The zero-order valence-electron chi connectivity index (χ0n) is 18.2. The van der Waals surface area contributed by atoms with Crippen LogP contribution in [0.25, 0.3) is 27.9 Å². The predicted octanol–water partition coefficient (Wildman–Crippen LogP) is 5.80. The Hall–Kier alpha value is -3.90. The van der Waals surface area contributed by atoms with Crippen molar-refractivity contribution < 1.29 is 4.79 Å². The molecule has 0 spiro atoms. The van der Waals surface area contributed by atoms with Gasteiger partial charge in [-0.1, -0.05) is 35.9 Å². The van der Waals surface area contributed by atoms with E-state index in [-0.39, 0.29) is 11.8 Å². The third-order valence-electron chi connectivity index (χ3n) is 5.75. The van der Waals surface area contributed by atoms with Crippen molar-refractivity contribution in [1.82, 2.24) is 19.2 Å². The number of hydrogen-bond donors (Lipinski definition) is 1. The number of rotatable bonds is 5. The molecule has 1 amide bonds. The molecule has 6 nitrogen and oxygen atoms in total. The zero-order valence-corrected chi connectivity index (χ0v) is 19.0. The van der Waals surface area contributed by atoms with Gasteiger partial charge in [-0.3, -0.25) is 14.5 Å². The SMILES string of the molecule is C[C@H](C(=O)Nc1ccc(-c2nccn3cc(-c4cnn(C)c4)cc23)cc1)c1ccc(Cl)cc1. The molecule has 2 aromatic carbocycles. The number of hydrogen-bond acceptors (Lipinski definition) is 3. The second kappa shape index (κ2) is 8.56. The highest BCUT2D eigenvalue weighted by Crippen LogP contribution is 2.29. The molecule has 0 aliphatic rings. The molecule has 0 radical (unpaired) electrons. The normalized spacial score (nSPS) is 12.1. The molecule has 0 saturated heterocycles. The van der Waals surface area contributed by atoms with E-state index >= 15 is 0 Å². The first-order valence-electron chi connectivity index (χ1n) is 10.6. The maximum Gasteiger partial charge on any atom is 0.231 e. The van der Waals surface area contributed by atoms with Crippen LogP contribution in [0.2, 0.25) is 5.02 Å². The first-order chi connectivity index (χ1) is 16.0. The van der Waals surface area contributed by atoms with Crippen LogP contribution in [0, 0.1) is 0 Å². The van der Waals surface area contributed by atoms with Crippen LogP contribution in [0.4, 0.5) is 5.69 Å². The van der Waals surface area contributed by atoms with E-state index in [0.717, 1.165) is 39.2 Å². The van der Waals surface area contributed by atoms with Crippen molar-refractivity contribution in [2.75, 3.05) is 5.32 Å². The van der Waals surface area contributed by atoms with Gasteiger partial charge in [-0.05, 0) is 42.8 Å². The Morgan fingerprint density at radius 2 is 1.76 bits per heavy atom. The summed E-state index contributed by atoms with van der Waals surface area (Å²) in [4.78, 5) is 17.3. The van der Waals surface area contributed by atoms with Gasteiger partial charge >= 0.3 is 0 Å². The molecule has 0 unspecified atom stereocenters. The molecule has 0 aliphatic carbocycles. The van der Waals surface area contributed by atoms with Gasteiger partial charge in [-0.15, -0.1) is 0 Å². The molecule has 0 fully saturated rings. The van der Waals surface area contributed by atoms with Crippen LogP contribution in [0.1, 0.15) is 18.4 Å². The highest BCUT2D eigenvalue weighted by Gasteiger charge is 2.16. The molecule has 33 heavy (non-hydrogen) atoms. The molecule has 5 aromatic rings. The van der Waals surface area contributed by atoms with Crippen LogP contribution in [0.5, 0.6) is 0 Å². The van der Waals surface area contributed by atoms with Gasteiger partial charge in [0.25, 0.3) is 0 Å². The van der Waals surface area contributed by atoms with Crippen LogP contribution in [-0.2, 0) is 11.8 Å². The number of nitrogens with zero attached hydrogens (tertiary/aromatic N) is 4. The number of carbonyl (C=O) groups is 1. The quantitative estimate of drug-likeness (QED) is 0.364. The summed E-state index contributed by atoms with van der Waals surface area (Å²) < 4.78 is 3.85. The number of amides is 1. The summed E-state index contributed by atoms with van der Waals surface area (Å²) in [7, 11) is 1.91. The summed E-state index contributed by atoms with van der Waals surface area (Å²) in [5.74, 6) is -0.359. The summed E-state index contributed by atoms with van der Waals surface area (Å²) in [6.07, 6.45) is 9.64. The number of benzene rings is 2. The first-order valence-corrected chi connectivity index (χ1v) is 11.0. The highest BCUT2D eigenvalue weighted by atomic mass is 35.5. The Morgan fingerprint density at radius 1 is 1.00 bits per heavy atom. The summed E-state index contributed by atoms with van der Waals surface area (Å²) in [5.41, 5.74) is 6.65. The molecule has 0 aliphatic heterocycles. The third-order valence-corrected chi connectivity index (χ3v) is 6.00. The molecule has 1 N–H and O–H groups in total. The lowest BCUT2D eigenvalue weighted by molar-refractivity contribution is -0.117. The smallest absolute Gasteiger partial charge is 0.231 e. The Morgan fingerprint density at radius 3 is 2.45 bits per heavy atom. The van der Waals surface area contributed by atoms with Crippen LogP contribution in [0.15, 0.2) is 85.6 Å². The maximum absolute atomic E-state index is 12.7. The zero-order chi connectivity index (χ0) is 22.9. The number of aryl methyl sites for hydroxylation is 1. The van der Waals surface area contributed by atoms with Crippen molar-refractivity contribution in [2.45, 2.75) is 12.8 Å². The molecular weight excluding hydrogens is 434 g/mol. The lowest BCUT2D eigenvalue weighted by Crippen LogP contribution is -2.18. The number of aromatic nitrogens is 4. The molecule has 1 atom stereocenters. The van der Waals surface area contributed by atoms with Crippen molar-refractivity contribution in [1.29, 1.82) is 0 Å². The fraction of sp³-hybridized carbons (Fsp3) is 0.115. The van der Waals surface area contributed by atoms with Gasteiger partial charge < -0.3 is 9.72 Å². The summed E-state index contributed by atoms with van der Waals surface area (Å²) in [6, 6.07) is 17.2. The predicted molar refractivity (Wildman–Crippen MR) is 131 cm³/mol. The molecule has 164 valence electrons. The number of fused-ring (bicyclic) bond motifs is 1. The van der Waals surface area contributed by atoms with E-state index in [1.807, 2.05) is 69.0 Å². The number of carbonyl (C=O) groups excluding carboxylic acids is 1. The fourth-order valence-corrected chi connectivity index (χ4v) is 3.98. The van der Waals surface area contributed by atoms with Crippen molar-refractivity contribution >= 4 is 28.7 Å². The topological polar surface area (TPSA) is 64.2 Å². The van der Waals surface area contributed by atoms with Crippen molar-refractivity contribution in [3.05, 3.63) is 96.2 Å². The lowest BCUT2D eigenvalue weighted by Gasteiger charge is -2.13. The minimum absolute atomic E-state index is 0.0713. The van der Waals surface area contributed by atoms with Gasteiger partial charge in [-0.25, -0.2) is 0 Å². The molecule has 3 heterocycles. The van der Waals surface area contributed by atoms with E-state index in [1.54, 1.807) is 23.0 Å². The van der Waals surface area contributed by atoms with Gasteiger partial charge in [0.2, 0.25) is 5.91 Å². The molecular formula is C26H22ClN5O. The number of anilines is 1. The monoisotopic (exact) mass is 455 g/mol. The average molecular weight is 456 g/mol. The van der Waals surface area contributed by atoms with E-state index in [4.69, 9.17) is 11.6 Å². The van der Waals surface area contributed by atoms with Crippen molar-refractivity contribution in [2.24, 2.45) is 7.05 Å². The Balaban J connectivity index is 1.37. The van der Waals surface area contributed by atoms with Gasteiger partial charge in [0, 0.05) is 59.2 Å². The standard InChI is InChI=1S/C26H22ClN5O/c1-17(18-3-7-22(27)8-4-18)26(33)30-23-9-5-19(6-10-23)25-24-13-20(16-32(24)12-11-28-25)21-14-29-31(2)15-21/h3-17H,1-2H3,(H,30,33)/t17-/m0/s1. The summed E-state index contributed by atoms with van der Waals surface area (Å²) in [5, 5.41) is 7.91. The molecule has 3 aromatic heterocycles. The summed E-state index contributed by atoms with van der Waals surface area (Å²) >= 11 is 5.95. The minimum Gasteiger partial charge on any atom is -0.326 e. The van der Waals surface area contributed by atoms with Crippen molar-refractivity contribution in [3.63, 3.8) is 0 Å². The van der Waals surface area contributed by atoms with E-state index < -0.39 is 0 Å². The van der Waals surface area contributed by atoms with Crippen LogP contribution in [-0.4, -0.2) is 25.1 Å². The molecule has 5 rings (SSSR count). The van der Waals surface area contributed by atoms with Crippen LogP contribution in [0.3, 0.4) is 0 Å². The second-order valence-corrected chi connectivity index (χ2v) is 8.48. The molecule has 7 heteroatoms. The van der Waals surface area contributed by atoms with E-state index in [2.05, 4.69) is 32.1 Å². The van der Waals surface area contributed by atoms with E-state index in [0.29, 0.717) is 5.02 Å². The minimum atomic E-state index is -0.288. The Kier molecular flexibility index (Phi) is 5.44. The van der Waals surface area contributed by atoms with Crippen LogP contribution < -0.4 is 5.32 Å². The van der Waals surface area contributed by atoms with E-state index in [1.165, 1.54) is 0 Å². The lowest BCUT2D eigenvalue weighted by atomic mass is 10.0. The highest BCUT2D eigenvalue weighted by molar-refractivity contribution is 6.30. The van der Waals surface area contributed by atoms with E-state index in [9.17, 15) is 4.79 Å². The third kappa shape index (κ3) is 4.25. The van der Waals surface area contributed by atoms with Crippen LogP contribution >= 0.6 is 11.6 Å². The summed E-state index contributed by atoms with van der Waals surface area (Å²) in [6.45, 7) is 1.88. The molecule has 0 bridgehead atoms. The van der Waals surface area contributed by atoms with Gasteiger partial charge in [0.05, 0.1) is 23.3 Å². The van der Waals surface area contributed by atoms with Gasteiger partial charge in [0.15, 0.2) is 0 Å².